The average Bonchev–Trinajstić information content (AvgIpc) is 2.58. The molecule has 1 aliphatic rings. The van der Waals surface area contributed by atoms with Crippen molar-refractivity contribution in [2.75, 3.05) is 4.90 Å². The Balaban J connectivity index is 2.04. The first-order chi connectivity index (χ1) is 12.3. The van der Waals surface area contributed by atoms with Crippen LogP contribution in [0.1, 0.15) is 5.56 Å². The minimum absolute atomic E-state index is 0.0422. The van der Waals surface area contributed by atoms with E-state index < -0.39 is 17.8 Å². The predicted octanol–water partition coefficient (Wildman–Crippen LogP) is 4.13. The lowest BCUT2D eigenvalue weighted by molar-refractivity contribution is -0.122. The molecule has 1 aliphatic heterocycles. The van der Waals surface area contributed by atoms with Crippen LogP contribution in [0.3, 0.4) is 0 Å². The van der Waals surface area contributed by atoms with Crippen molar-refractivity contribution < 1.29 is 19.5 Å². The maximum absolute atomic E-state index is 12.7. The molecule has 0 atom stereocenters. The van der Waals surface area contributed by atoms with Gasteiger partial charge < -0.3 is 5.11 Å². The molecule has 1 heterocycles. The van der Waals surface area contributed by atoms with Crippen LogP contribution in [-0.4, -0.2) is 23.0 Å². The van der Waals surface area contributed by atoms with Crippen LogP contribution in [-0.2, 0) is 9.59 Å². The third-order valence-corrected chi connectivity index (χ3v) is 4.68. The third-order valence-electron chi connectivity index (χ3n) is 3.54. The van der Waals surface area contributed by atoms with E-state index in [0.717, 1.165) is 4.90 Å². The van der Waals surface area contributed by atoms with Gasteiger partial charge in [0.1, 0.15) is 11.3 Å². The van der Waals surface area contributed by atoms with Crippen molar-refractivity contribution in [2.24, 2.45) is 0 Å². The third kappa shape index (κ3) is 3.46. The molecule has 9 heteroatoms. The highest BCUT2D eigenvalue weighted by Gasteiger charge is 2.36. The van der Waals surface area contributed by atoms with E-state index in [-0.39, 0.29) is 22.0 Å². The van der Waals surface area contributed by atoms with Crippen LogP contribution in [0, 0.1) is 0 Å². The van der Waals surface area contributed by atoms with E-state index in [2.05, 4.69) is 21.2 Å². The van der Waals surface area contributed by atoms with Gasteiger partial charge in [-0.2, -0.15) is 0 Å². The molecule has 3 rings (SSSR count). The summed E-state index contributed by atoms with van der Waals surface area (Å²) in [6, 6.07) is 8.03. The van der Waals surface area contributed by atoms with Crippen LogP contribution in [0.2, 0.25) is 10.0 Å². The van der Waals surface area contributed by atoms with Gasteiger partial charge in [0, 0.05) is 5.02 Å². The van der Waals surface area contributed by atoms with Gasteiger partial charge in [-0.1, -0.05) is 23.2 Å². The van der Waals surface area contributed by atoms with Crippen LogP contribution in [0.4, 0.5) is 10.5 Å². The molecule has 0 bridgehead atoms. The summed E-state index contributed by atoms with van der Waals surface area (Å²) in [5, 5.41) is 12.3. The summed E-state index contributed by atoms with van der Waals surface area (Å²) in [5.41, 5.74) is 0.400. The monoisotopic (exact) mass is 454 g/mol. The number of rotatable bonds is 2. The molecular weight excluding hydrogens is 447 g/mol. The molecule has 0 unspecified atom stereocenters. The van der Waals surface area contributed by atoms with Gasteiger partial charge in [0.25, 0.3) is 11.8 Å². The number of phenols is 1. The van der Waals surface area contributed by atoms with Gasteiger partial charge in [-0.05, 0) is 64.0 Å². The summed E-state index contributed by atoms with van der Waals surface area (Å²) in [6.07, 6.45) is 1.28. The quantitative estimate of drug-likeness (QED) is 0.526. The van der Waals surface area contributed by atoms with Gasteiger partial charge in [-0.15, -0.1) is 0 Å². The fraction of sp³-hybridized carbons (Fsp3) is 0. The molecule has 1 saturated heterocycles. The van der Waals surface area contributed by atoms with Crippen molar-refractivity contribution in [3.63, 3.8) is 0 Å². The summed E-state index contributed by atoms with van der Waals surface area (Å²) < 4.78 is 0.297. The van der Waals surface area contributed by atoms with E-state index in [9.17, 15) is 19.5 Å². The minimum Gasteiger partial charge on any atom is -0.505 e. The van der Waals surface area contributed by atoms with Crippen molar-refractivity contribution in [3.05, 3.63) is 62.1 Å². The van der Waals surface area contributed by atoms with E-state index >= 15 is 0 Å². The van der Waals surface area contributed by atoms with Crippen LogP contribution >= 0.6 is 39.1 Å². The zero-order chi connectivity index (χ0) is 19.0. The number of carbonyl (C=O) groups excluding carboxylic acids is 3. The van der Waals surface area contributed by atoms with Crippen molar-refractivity contribution in [2.45, 2.75) is 0 Å². The van der Waals surface area contributed by atoms with Gasteiger partial charge >= 0.3 is 6.03 Å². The Hall–Kier alpha value is -2.35. The summed E-state index contributed by atoms with van der Waals surface area (Å²) in [7, 11) is 0. The van der Waals surface area contributed by atoms with Crippen LogP contribution in [0.25, 0.3) is 6.08 Å². The van der Waals surface area contributed by atoms with E-state index in [1.54, 1.807) is 0 Å². The molecule has 0 aliphatic carbocycles. The summed E-state index contributed by atoms with van der Waals surface area (Å²) >= 11 is 14.8. The molecule has 2 aromatic rings. The molecule has 2 N–H and O–H groups in total. The Morgan fingerprint density at radius 1 is 1.08 bits per heavy atom. The standard InChI is InChI=1S/C17H9BrCl2N2O4/c18-12-6-8(7-13(20)14(12)23)5-11-15(24)21-17(26)22(16(11)25)10-3-1-9(19)2-4-10/h1-7,23H,(H,21,24,26)/b11-5+. The number of amides is 4. The molecule has 0 saturated carbocycles. The topological polar surface area (TPSA) is 86.7 Å². The number of nitrogens with zero attached hydrogens (tertiary/aromatic N) is 1. The fourth-order valence-electron chi connectivity index (χ4n) is 2.32. The first-order valence-electron chi connectivity index (χ1n) is 7.13. The molecule has 2 aromatic carbocycles. The number of hydrogen-bond donors (Lipinski definition) is 2. The molecular formula is C17H9BrCl2N2O4. The maximum atomic E-state index is 12.7. The number of urea groups is 1. The number of anilines is 1. The summed E-state index contributed by atoms with van der Waals surface area (Å²) in [5.74, 6) is -1.78. The fourth-order valence-corrected chi connectivity index (χ4v) is 3.26. The predicted molar refractivity (Wildman–Crippen MR) is 101 cm³/mol. The zero-order valence-electron chi connectivity index (χ0n) is 12.8. The highest BCUT2D eigenvalue weighted by atomic mass is 79.9. The Morgan fingerprint density at radius 2 is 1.73 bits per heavy atom. The van der Waals surface area contributed by atoms with E-state index in [1.807, 2.05) is 0 Å². The number of carbonyl (C=O) groups is 3. The highest BCUT2D eigenvalue weighted by molar-refractivity contribution is 9.10. The second-order valence-electron chi connectivity index (χ2n) is 5.27. The Bertz CT molecular complexity index is 950. The lowest BCUT2D eigenvalue weighted by Crippen LogP contribution is -2.54. The lowest BCUT2D eigenvalue weighted by Gasteiger charge is -2.26. The number of imide groups is 2. The summed E-state index contributed by atoms with van der Waals surface area (Å²) in [4.78, 5) is 37.8. The smallest absolute Gasteiger partial charge is 0.335 e. The first kappa shape index (κ1) is 18.4. The van der Waals surface area contributed by atoms with Gasteiger partial charge in [0.15, 0.2) is 0 Å². The average molecular weight is 456 g/mol. The van der Waals surface area contributed by atoms with E-state index in [1.165, 1.54) is 42.5 Å². The summed E-state index contributed by atoms with van der Waals surface area (Å²) in [6.45, 7) is 0. The zero-order valence-corrected chi connectivity index (χ0v) is 15.9. The number of nitrogens with one attached hydrogen (secondary N) is 1. The van der Waals surface area contributed by atoms with Gasteiger partial charge in [0.2, 0.25) is 0 Å². The van der Waals surface area contributed by atoms with E-state index in [0.29, 0.717) is 15.1 Å². The number of halogens is 3. The number of hydrogen-bond acceptors (Lipinski definition) is 4. The molecule has 0 spiro atoms. The molecule has 4 amide bonds. The Kier molecular flexibility index (Phi) is 5.04. The van der Waals surface area contributed by atoms with Crippen molar-refractivity contribution in [3.8, 4) is 5.75 Å². The highest BCUT2D eigenvalue weighted by Crippen LogP contribution is 2.34. The van der Waals surface area contributed by atoms with Gasteiger partial charge in [-0.3, -0.25) is 14.9 Å². The lowest BCUT2D eigenvalue weighted by atomic mass is 10.1. The normalized spacial score (nSPS) is 16.2. The largest absolute Gasteiger partial charge is 0.505 e. The van der Waals surface area contributed by atoms with Gasteiger partial charge in [0.05, 0.1) is 15.2 Å². The Morgan fingerprint density at radius 3 is 2.35 bits per heavy atom. The Labute approximate surface area is 166 Å². The first-order valence-corrected chi connectivity index (χ1v) is 8.68. The van der Waals surface area contributed by atoms with Crippen LogP contribution in [0.5, 0.6) is 5.75 Å². The van der Waals surface area contributed by atoms with Crippen molar-refractivity contribution in [1.29, 1.82) is 0 Å². The van der Waals surface area contributed by atoms with E-state index in [4.69, 9.17) is 23.2 Å². The minimum atomic E-state index is -0.857. The number of phenolic OH excluding ortho intramolecular Hbond substituents is 1. The number of benzene rings is 2. The maximum Gasteiger partial charge on any atom is 0.335 e. The SMILES string of the molecule is O=C1NC(=O)N(c2ccc(Cl)cc2)C(=O)/C1=C/c1cc(Cl)c(O)c(Br)c1. The van der Waals surface area contributed by atoms with Gasteiger partial charge in [-0.25, -0.2) is 9.69 Å². The van der Waals surface area contributed by atoms with Crippen LogP contribution in [0.15, 0.2) is 46.4 Å². The van der Waals surface area contributed by atoms with Crippen LogP contribution < -0.4 is 10.2 Å². The molecule has 132 valence electrons. The number of aromatic hydroxyl groups is 1. The molecule has 26 heavy (non-hydrogen) atoms. The van der Waals surface area contributed by atoms with Crippen molar-refractivity contribution >= 4 is 68.7 Å². The molecule has 1 fully saturated rings. The number of barbiturate groups is 1. The molecule has 0 radical (unpaired) electrons. The molecule has 6 nitrogen and oxygen atoms in total. The molecule has 0 aromatic heterocycles. The second kappa shape index (κ2) is 7.11. The second-order valence-corrected chi connectivity index (χ2v) is 6.97. The van der Waals surface area contributed by atoms with Crippen molar-refractivity contribution in [1.82, 2.24) is 5.32 Å².